The Morgan fingerprint density at radius 1 is 1.12 bits per heavy atom. The van der Waals surface area contributed by atoms with Crippen LogP contribution in [0.25, 0.3) is 10.8 Å². The minimum Gasteiger partial charge on any atom is -0.380 e. The quantitative estimate of drug-likeness (QED) is 0.835. The van der Waals surface area contributed by atoms with E-state index in [2.05, 4.69) is 80.2 Å². The van der Waals surface area contributed by atoms with Crippen molar-refractivity contribution in [2.24, 2.45) is 0 Å². The Morgan fingerprint density at radius 2 is 1.81 bits per heavy atom. The minimum absolute atomic E-state index is 0.738. The van der Waals surface area contributed by atoms with Gasteiger partial charge in [-0.25, -0.2) is 0 Å². The highest BCUT2D eigenvalue weighted by Crippen LogP contribution is 2.23. The van der Waals surface area contributed by atoms with E-state index in [1.807, 2.05) is 0 Å². The molecule has 2 aromatic rings. The highest BCUT2D eigenvalue weighted by molar-refractivity contribution is 9.11. The largest absolute Gasteiger partial charge is 0.380 e. The zero-order valence-electron chi connectivity index (χ0n) is 8.63. The van der Waals surface area contributed by atoms with Gasteiger partial charge >= 0.3 is 0 Å². The van der Waals surface area contributed by atoms with Crippen LogP contribution in [0.5, 0.6) is 0 Å². The third-order valence-corrected chi connectivity index (χ3v) is 3.06. The average molecular weight is 341 g/mol. The molecule has 16 heavy (non-hydrogen) atoms. The molecular weight excluding hydrogens is 330 g/mol. The van der Waals surface area contributed by atoms with Gasteiger partial charge in [0.25, 0.3) is 0 Å². The molecule has 3 heteroatoms. The summed E-state index contributed by atoms with van der Waals surface area (Å²) in [6.45, 7) is 4.53. The lowest BCUT2D eigenvalue weighted by Gasteiger charge is -2.06. The lowest BCUT2D eigenvalue weighted by molar-refractivity contribution is 1.33. The lowest BCUT2D eigenvalue weighted by Crippen LogP contribution is -1.99. The van der Waals surface area contributed by atoms with Gasteiger partial charge in [0, 0.05) is 21.2 Å². The van der Waals surface area contributed by atoms with Gasteiger partial charge in [-0.3, -0.25) is 0 Å². The minimum atomic E-state index is 0.738. The Bertz CT molecular complexity index is 534. The third-order valence-electron chi connectivity index (χ3n) is 2.29. The van der Waals surface area contributed by atoms with E-state index < -0.39 is 0 Å². The first kappa shape index (κ1) is 11.7. The maximum Gasteiger partial charge on any atom is 0.0460 e. The number of halogens is 2. The molecule has 2 aromatic carbocycles. The van der Waals surface area contributed by atoms with E-state index in [1.54, 1.807) is 0 Å². The van der Waals surface area contributed by atoms with Gasteiger partial charge in [0.1, 0.15) is 0 Å². The van der Waals surface area contributed by atoms with Gasteiger partial charge in [-0.2, -0.15) is 0 Å². The second kappa shape index (κ2) is 5.02. The van der Waals surface area contributed by atoms with Gasteiger partial charge in [-0.1, -0.05) is 50.6 Å². The molecule has 0 unspecified atom stereocenters. The van der Waals surface area contributed by atoms with E-state index in [9.17, 15) is 0 Å². The van der Waals surface area contributed by atoms with Crippen LogP contribution in [0.15, 0.2) is 51.9 Å². The van der Waals surface area contributed by atoms with E-state index in [4.69, 9.17) is 0 Å². The van der Waals surface area contributed by atoms with Crippen molar-refractivity contribution in [1.29, 1.82) is 0 Å². The van der Waals surface area contributed by atoms with Crippen molar-refractivity contribution in [1.82, 2.24) is 0 Å². The summed E-state index contributed by atoms with van der Waals surface area (Å²) in [7, 11) is 0. The molecule has 0 spiro atoms. The fourth-order valence-corrected chi connectivity index (χ4v) is 2.04. The second-order valence-corrected chi connectivity index (χ2v) is 5.61. The zero-order chi connectivity index (χ0) is 11.5. The molecule has 0 saturated carbocycles. The molecule has 2 rings (SSSR count). The van der Waals surface area contributed by atoms with Crippen LogP contribution in [0.3, 0.4) is 0 Å². The number of hydrogen-bond acceptors (Lipinski definition) is 1. The molecule has 0 amide bonds. The predicted octanol–water partition coefficient (Wildman–Crippen LogP) is 4.92. The summed E-state index contributed by atoms with van der Waals surface area (Å²) in [4.78, 5) is 0. The summed E-state index contributed by atoms with van der Waals surface area (Å²) in [5.41, 5.74) is 1.11. The number of anilines is 1. The molecular formula is C13H11Br2N. The maximum atomic E-state index is 3.79. The van der Waals surface area contributed by atoms with Gasteiger partial charge in [-0.05, 0) is 35.0 Å². The standard InChI is InChI=1S/C13H11Br2N/c1-9(14)8-16-13-5-3-10-6-12(15)4-2-11(10)7-13/h2-7,16H,1,8H2. The molecule has 0 aliphatic carbocycles. The molecule has 0 aliphatic heterocycles. The first-order chi connectivity index (χ1) is 7.65. The summed E-state index contributed by atoms with van der Waals surface area (Å²) in [6, 6.07) is 12.6. The van der Waals surface area contributed by atoms with Crippen LogP contribution in [0.4, 0.5) is 5.69 Å². The van der Waals surface area contributed by atoms with Gasteiger partial charge in [-0.15, -0.1) is 0 Å². The van der Waals surface area contributed by atoms with Gasteiger partial charge in [0.2, 0.25) is 0 Å². The molecule has 0 bridgehead atoms. The Morgan fingerprint density at radius 3 is 2.56 bits per heavy atom. The molecule has 0 saturated heterocycles. The number of nitrogens with one attached hydrogen (secondary N) is 1. The summed E-state index contributed by atoms with van der Waals surface area (Å²) in [5, 5.41) is 5.76. The van der Waals surface area contributed by atoms with E-state index in [0.717, 1.165) is 21.2 Å². The summed E-state index contributed by atoms with van der Waals surface area (Å²) < 4.78 is 2.05. The highest BCUT2D eigenvalue weighted by Gasteiger charge is 1.97. The zero-order valence-corrected chi connectivity index (χ0v) is 11.8. The van der Waals surface area contributed by atoms with Crippen LogP contribution in [0.2, 0.25) is 0 Å². The van der Waals surface area contributed by atoms with Crippen molar-refractivity contribution in [2.75, 3.05) is 11.9 Å². The molecule has 0 aliphatic rings. The maximum absolute atomic E-state index is 3.79. The summed E-state index contributed by atoms with van der Waals surface area (Å²) in [6.07, 6.45) is 0. The molecule has 1 nitrogen and oxygen atoms in total. The normalized spacial score (nSPS) is 10.4. The Balaban J connectivity index is 2.30. The summed E-state index contributed by atoms with van der Waals surface area (Å²) in [5.74, 6) is 0. The van der Waals surface area contributed by atoms with Crippen molar-refractivity contribution in [3.05, 3.63) is 51.9 Å². The smallest absolute Gasteiger partial charge is 0.0460 e. The number of hydrogen-bond donors (Lipinski definition) is 1. The molecule has 0 heterocycles. The van der Waals surface area contributed by atoms with E-state index >= 15 is 0 Å². The van der Waals surface area contributed by atoms with Crippen molar-refractivity contribution >= 4 is 48.3 Å². The number of benzene rings is 2. The van der Waals surface area contributed by atoms with Crippen molar-refractivity contribution in [2.45, 2.75) is 0 Å². The van der Waals surface area contributed by atoms with Crippen LogP contribution in [0, 0.1) is 0 Å². The summed E-state index contributed by atoms with van der Waals surface area (Å²) >= 11 is 6.80. The number of rotatable bonds is 3. The van der Waals surface area contributed by atoms with Crippen LogP contribution >= 0.6 is 31.9 Å². The Hall–Kier alpha value is -0.800. The van der Waals surface area contributed by atoms with Crippen LogP contribution in [0.1, 0.15) is 0 Å². The molecule has 0 aromatic heterocycles. The Kier molecular flexibility index (Phi) is 3.66. The van der Waals surface area contributed by atoms with Crippen molar-refractivity contribution in [3.8, 4) is 0 Å². The first-order valence-electron chi connectivity index (χ1n) is 4.91. The molecule has 82 valence electrons. The molecule has 0 fully saturated rings. The SMILES string of the molecule is C=C(Br)CNc1ccc2cc(Br)ccc2c1. The van der Waals surface area contributed by atoms with Crippen LogP contribution < -0.4 is 5.32 Å². The average Bonchev–Trinajstić information content (AvgIpc) is 2.26. The molecule has 1 N–H and O–H groups in total. The van der Waals surface area contributed by atoms with E-state index in [0.29, 0.717) is 0 Å². The topological polar surface area (TPSA) is 12.0 Å². The van der Waals surface area contributed by atoms with Crippen molar-refractivity contribution < 1.29 is 0 Å². The van der Waals surface area contributed by atoms with Crippen LogP contribution in [-0.2, 0) is 0 Å². The highest BCUT2D eigenvalue weighted by atomic mass is 79.9. The first-order valence-corrected chi connectivity index (χ1v) is 6.50. The lowest BCUT2D eigenvalue weighted by atomic mass is 10.1. The molecule has 0 radical (unpaired) electrons. The fraction of sp³-hybridized carbons (Fsp3) is 0.0769. The van der Waals surface area contributed by atoms with E-state index in [-0.39, 0.29) is 0 Å². The third kappa shape index (κ3) is 2.86. The fourth-order valence-electron chi connectivity index (χ4n) is 1.52. The molecule has 0 atom stereocenters. The van der Waals surface area contributed by atoms with Gasteiger partial charge in [0.15, 0.2) is 0 Å². The number of fused-ring (bicyclic) bond motifs is 1. The van der Waals surface area contributed by atoms with Gasteiger partial charge < -0.3 is 5.32 Å². The van der Waals surface area contributed by atoms with E-state index in [1.165, 1.54) is 10.8 Å². The predicted molar refractivity (Wildman–Crippen MR) is 78.2 cm³/mol. The second-order valence-electron chi connectivity index (χ2n) is 3.58. The van der Waals surface area contributed by atoms with Crippen molar-refractivity contribution in [3.63, 3.8) is 0 Å². The monoisotopic (exact) mass is 339 g/mol. The van der Waals surface area contributed by atoms with Crippen LogP contribution in [-0.4, -0.2) is 6.54 Å². The Labute approximate surface area is 112 Å². The van der Waals surface area contributed by atoms with Gasteiger partial charge in [0.05, 0.1) is 0 Å².